The number of nitrogens with zero attached hydrogens (tertiary/aromatic N) is 5. The van der Waals surface area contributed by atoms with Gasteiger partial charge in [-0.15, -0.1) is 0 Å². The van der Waals surface area contributed by atoms with Crippen molar-refractivity contribution in [3.8, 4) is 0 Å². The summed E-state index contributed by atoms with van der Waals surface area (Å²) in [5.74, 6) is 1.46. The van der Waals surface area contributed by atoms with Crippen LogP contribution in [0.2, 0.25) is 0 Å². The molecule has 1 heterocycles. The smallest absolute Gasteiger partial charge is 0.190 e. The first-order valence-corrected chi connectivity index (χ1v) is 15.3. The SMILES string of the molecule is c1ccc(CSC(=Nc2ccccc2)N=C2SC(=Nc3ccccc3)C(=Nc3ccccc3)N2c2ccccc2)cc1. The van der Waals surface area contributed by atoms with E-state index in [0.717, 1.165) is 38.7 Å². The molecule has 0 bridgehead atoms. The summed E-state index contributed by atoms with van der Waals surface area (Å²) >= 11 is 3.10. The first-order chi connectivity index (χ1) is 20.8. The van der Waals surface area contributed by atoms with E-state index in [-0.39, 0.29) is 0 Å². The standard InChI is InChI=1S/C35H27N5S2/c1-6-16-27(17-7-1)26-41-34(38-30-22-12-4-13-23-30)39-35-40(31-24-14-5-15-25-31)32(36-28-18-8-2-9-19-28)33(42-35)37-29-20-10-3-11-21-29/h1-25H,26H2. The highest BCUT2D eigenvalue weighted by molar-refractivity contribution is 8.29. The summed E-state index contributed by atoms with van der Waals surface area (Å²) < 4.78 is 0. The van der Waals surface area contributed by atoms with Crippen LogP contribution in [-0.2, 0) is 5.75 Å². The average molecular weight is 582 g/mol. The normalized spacial score (nSPS) is 16.4. The third-order valence-electron chi connectivity index (χ3n) is 6.16. The van der Waals surface area contributed by atoms with Crippen LogP contribution in [0.15, 0.2) is 172 Å². The van der Waals surface area contributed by atoms with Crippen LogP contribution >= 0.6 is 23.5 Å². The molecule has 1 fully saturated rings. The lowest BCUT2D eigenvalue weighted by molar-refractivity contribution is 1.40. The highest BCUT2D eigenvalue weighted by Gasteiger charge is 2.35. The summed E-state index contributed by atoms with van der Waals surface area (Å²) in [4.78, 5) is 22.3. The Morgan fingerprint density at radius 3 is 1.67 bits per heavy atom. The van der Waals surface area contributed by atoms with Crippen LogP contribution in [0.4, 0.5) is 22.7 Å². The topological polar surface area (TPSA) is 52.7 Å². The molecule has 0 atom stereocenters. The molecular formula is C35H27N5S2. The van der Waals surface area contributed by atoms with Gasteiger partial charge in [-0.1, -0.05) is 115 Å². The quantitative estimate of drug-likeness (QED) is 0.148. The Kier molecular flexibility index (Phi) is 9.00. The Morgan fingerprint density at radius 2 is 1.07 bits per heavy atom. The zero-order valence-corrected chi connectivity index (χ0v) is 24.3. The zero-order chi connectivity index (χ0) is 28.4. The molecule has 6 rings (SSSR count). The second-order valence-corrected chi connectivity index (χ2v) is 11.1. The molecule has 42 heavy (non-hydrogen) atoms. The van der Waals surface area contributed by atoms with Gasteiger partial charge in [0.2, 0.25) is 0 Å². The second-order valence-electron chi connectivity index (χ2n) is 9.20. The van der Waals surface area contributed by atoms with E-state index in [1.54, 1.807) is 11.8 Å². The molecule has 1 aliphatic rings. The molecule has 1 saturated heterocycles. The fourth-order valence-corrected chi connectivity index (χ4v) is 6.00. The fraction of sp³-hybridized carbons (Fsp3) is 0.0286. The number of anilines is 1. The van der Waals surface area contributed by atoms with Crippen LogP contribution in [0.5, 0.6) is 0 Å². The third-order valence-corrected chi connectivity index (χ3v) is 8.00. The van der Waals surface area contributed by atoms with E-state index in [9.17, 15) is 0 Å². The van der Waals surface area contributed by atoms with Crippen molar-refractivity contribution in [3.05, 3.63) is 157 Å². The van der Waals surface area contributed by atoms with E-state index < -0.39 is 0 Å². The van der Waals surface area contributed by atoms with Crippen molar-refractivity contribution in [2.24, 2.45) is 20.0 Å². The summed E-state index contributed by atoms with van der Waals surface area (Å²) in [6.45, 7) is 0. The van der Waals surface area contributed by atoms with Crippen LogP contribution in [-0.4, -0.2) is 21.2 Å². The van der Waals surface area contributed by atoms with Crippen molar-refractivity contribution in [2.45, 2.75) is 5.75 Å². The van der Waals surface area contributed by atoms with Crippen molar-refractivity contribution >= 4 is 67.5 Å². The maximum absolute atomic E-state index is 5.18. The van der Waals surface area contributed by atoms with Gasteiger partial charge in [-0.25, -0.2) is 15.0 Å². The van der Waals surface area contributed by atoms with E-state index in [1.807, 2.05) is 115 Å². The van der Waals surface area contributed by atoms with Crippen molar-refractivity contribution in [2.75, 3.05) is 4.90 Å². The van der Waals surface area contributed by atoms with E-state index in [4.69, 9.17) is 20.0 Å². The Labute approximate surface area is 254 Å². The lowest BCUT2D eigenvalue weighted by Crippen LogP contribution is -2.31. The monoisotopic (exact) mass is 581 g/mol. The number of rotatable bonds is 6. The van der Waals surface area contributed by atoms with Gasteiger partial charge in [0.05, 0.1) is 17.1 Å². The molecule has 0 aromatic heterocycles. The summed E-state index contributed by atoms with van der Waals surface area (Å²) in [5.41, 5.74) is 4.70. The van der Waals surface area contributed by atoms with Crippen LogP contribution < -0.4 is 4.90 Å². The van der Waals surface area contributed by atoms with Gasteiger partial charge in [0.25, 0.3) is 0 Å². The molecule has 204 valence electrons. The first-order valence-electron chi connectivity index (χ1n) is 13.5. The van der Waals surface area contributed by atoms with E-state index in [1.165, 1.54) is 17.3 Å². The maximum Gasteiger partial charge on any atom is 0.190 e. The predicted octanol–water partition coefficient (Wildman–Crippen LogP) is 9.68. The molecule has 0 unspecified atom stereocenters. The van der Waals surface area contributed by atoms with Gasteiger partial charge in [-0.05, 0) is 65.9 Å². The van der Waals surface area contributed by atoms with Crippen molar-refractivity contribution in [3.63, 3.8) is 0 Å². The highest BCUT2D eigenvalue weighted by Crippen LogP contribution is 2.34. The van der Waals surface area contributed by atoms with E-state index in [0.29, 0.717) is 11.0 Å². The number of para-hydroxylation sites is 4. The molecular weight excluding hydrogens is 555 g/mol. The van der Waals surface area contributed by atoms with Gasteiger partial charge >= 0.3 is 0 Å². The summed E-state index contributed by atoms with van der Waals surface area (Å²) in [6, 6.07) is 50.4. The Morgan fingerprint density at radius 1 is 0.571 bits per heavy atom. The molecule has 0 saturated carbocycles. The Balaban J connectivity index is 1.48. The fourth-order valence-electron chi connectivity index (χ4n) is 4.17. The number of hydrogen-bond donors (Lipinski definition) is 0. The predicted molar refractivity (Wildman–Crippen MR) is 182 cm³/mol. The summed E-state index contributed by atoms with van der Waals surface area (Å²) in [5, 5.41) is 2.16. The molecule has 5 aromatic rings. The Bertz CT molecular complexity index is 1720. The summed E-state index contributed by atoms with van der Waals surface area (Å²) in [7, 11) is 0. The molecule has 0 aliphatic carbocycles. The van der Waals surface area contributed by atoms with Gasteiger partial charge in [0.15, 0.2) is 16.2 Å². The lowest BCUT2D eigenvalue weighted by Gasteiger charge is -2.18. The van der Waals surface area contributed by atoms with Crippen LogP contribution in [0, 0.1) is 0 Å². The third kappa shape index (κ3) is 7.13. The minimum absolute atomic E-state index is 0.661. The molecule has 0 spiro atoms. The molecule has 7 heteroatoms. The summed E-state index contributed by atoms with van der Waals surface area (Å²) in [6.07, 6.45) is 0. The lowest BCUT2D eigenvalue weighted by atomic mass is 10.2. The van der Waals surface area contributed by atoms with Gasteiger partial charge in [0, 0.05) is 11.4 Å². The average Bonchev–Trinajstić information content (AvgIpc) is 3.37. The van der Waals surface area contributed by atoms with Crippen LogP contribution in [0.3, 0.4) is 0 Å². The van der Waals surface area contributed by atoms with Crippen LogP contribution in [0.1, 0.15) is 5.56 Å². The zero-order valence-electron chi connectivity index (χ0n) is 22.7. The van der Waals surface area contributed by atoms with Crippen molar-refractivity contribution in [1.82, 2.24) is 0 Å². The maximum atomic E-state index is 5.18. The number of aliphatic imine (C=N–C) groups is 4. The minimum Gasteiger partial charge on any atom is -0.271 e. The molecule has 1 aliphatic heterocycles. The largest absolute Gasteiger partial charge is 0.271 e. The second kappa shape index (κ2) is 13.8. The number of amidine groups is 3. The van der Waals surface area contributed by atoms with Crippen LogP contribution in [0.25, 0.3) is 0 Å². The molecule has 0 amide bonds. The van der Waals surface area contributed by atoms with Gasteiger partial charge in [-0.2, -0.15) is 4.99 Å². The number of benzene rings is 5. The first kappa shape index (κ1) is 27.4. The van der Waals surface area contributed by atoms with Crippen molar-refractivity contribution in [1.29, 1.82) is 0 Å². The Hall–Kier alpha value is -4.72. The van der Waals surface area contributed by atoms with Gasteiger partial charge in [-0.3, -0.25) is 4.90 Å². The molecule has 0 N–H and O–H groups in total. The van der Waals surface area contributed by atoms with Gasteiger partial charge < -0.3 is 0 Å². The minimum atomic E-state index is 0.661. The van der Waals surface area contributed by atoms with Gasteiger partial charge in [0.1, 0.15) is 5.04 Å². The molecule has 5 nitrogen and oxygen atoms in total. The van der Waals surface area contributed by atoms with E-state index in [2.05, 4.69) is 41.3 Å². The molecule has 0 radical (unpaired) electrons. The molecule has 5 aromatic carbocycles. The van der Waals surface area contributed by atoms with Crippen molar-refractivity contribution < 1.29 is 0 Å². The number of thioether (sulfide) groups is 2. The highest BCUT2D eigenvalue weighted by atomic mass is 32.2. The number of hydrogen-bond acceptors (Lipinski definition) is 5. The van der Waals surface area contributed by atoms with E-state index >= 15 is 0 Å².